The predicted molar refractivity (Wildman–Crippen MR) is 55.3 cm³/mol. The van der Waals surface area contributed by atoms with Crippen LogP contribution in [0.15, 0.2) is 0 Å². The Morgan fingerprint density at radius 1 is 1.50 bits per heavy atom. The maximum Gasteiger partial charge on any atom is 0.310 e. The third kappa shape index (κ3) is 3.27. The summed E-state index contributed by atoms with van der Waals surface area (Å²) in [6.45, 7) is 2.59. The van der Waals surface area contributed by atoms with E-state index in [-0.39, 0.29) is 0 Å². The van der Waals surface area contributed by atoms with E-state index >= 15 is 0 Å². The fourth-order valence-electron chi connectivity index (χ4n) is 1.47. The normalized spacial score (nSPS) is 18.5. The van der Waals surface area contributed by atoms with E-state index in [1.807, 2.05) is 14.1 Å². The Labute approximate surface area is 85.3 Å². The van der Waals surface area contributed by atoms with Crippen molar-refractivity contribution in [2.24, 2.45) is 5.41 Å². The van der Waals surface area contributed by atoms with Crippen molar-refractivity contribution in [2.75, 3.05) is 33.7 Å². The lowest BCUT2D eigenvalue weighted by atomic mass is 10.1. The number of carboxylic acid groups (broad SMARTS) is 1. The molecule has 2 N–H and O–H groups in total. The standard InChI is InChI=1S/C10H20N2O2/c1-12(2)7-3-6-11-8-10(4-5-10)9(13)14/h11H,3-8H2,1-2H3,(H,13,14). The van der Waals surface area contributed by atoms with Crippen LogP contribution in [0.4, 0.5) is 0 Å². The van der Waals surface area contributed by atoms with Crippen LogP contribution in [-0.4, -0.2) is 49.7 Å². The minimum absolute atomic E-state index is 0.419. The third-order valence-electron chi connectivity index (χ3n) is 2.73. The van der Waals surface area contributed by atoms with Gasteiger partial charge >= 0.3 is 5.97 Å². The molecule has 0 saturated heterocycles. The number of carbonyl (C=O) groups is 1. The predicted octanol–water partition coefficient (Wildman–Crippen LogP) is 0.393. The molecule has 1 aliphatic rings. The Bertz CT molecular complexity index is 200. The number of rotatable bonds is 7. The number of hydrogen-bond acceptors (Lipinski definition) is 3. The summed E-state index contributed by atoms with van der Waals surface area (Å²) in [5, 5.41) is 12.1. The van der Waals surface area contributed by atoms with Crippen LogP contribution >= 0.6 is 0 Å². The minimum atomic E-state index is -0.641. The van der Waals surface area contributed by atoms with E-state index in [2.05, 4.69) is 10.2 Å². The van der Waals surface area contributed by atoms with Crippen molar-refractivity contribution >= 4 is 5.97 Å². The molecular formula is C10H20N2O2. The molecule has 0 aliphatic heterocycles. The van der Waals surface area contributed by atoms with E-state index in [4.69, 9.17) is 5.11 Å². The van der Waals surface area contributed by atoms with Crippen molar-refractivity contribution < 1.29 is 9.90 Å². The van der Waals surface area contributed by atoms with E-state index in [1.54, 1.807) is 0 Å². The zero-order chi connectivity index (χ0) is 10.6. The Hall–Kier alpha value is -0.610. The van der Waals surface area contributed by atoms with E-state index in [0.717, 1.165) is 32.4 Å². The molecule has 1 fully saturated rings. The number of carboxylic acids is 1. The number of aliphatic carboxylic acids is 1. The van der Waals surface area contributed by atoms with Gasteiger partial charge in [-0.05, 0) is 46.4 Å². The lowest BCUT2D eigenvalue weighted by Crippen LogP contribution is -2.31. The Morgan fingerprint density at radius 3 is 2.57 bits per heavy atom. The summed E-state index contributed by atoms with van der Waals surface area (Å²) in [4.78, 5) is 12.9. The molecule has 0 atom stereocenters. The first-order valence-corrected chi connectivity index (χ1v) is 5.16. The van der Waals surface area contributed by atoms with Crippen LogP contribution in [0, 0.1) is 5.41 Å². The topological polar surface area (TPSA) is 52.6 Å². The van der Waals surface area contributed by atoms with Gasteiger partial charge in [-0.25, -0.2) is 0 Å². The number of hydrogen-bond donors (Lipinski definition) is 2. The molecular weight excluding hydrogens is 180 g/mol. The van der Waals surface area contributed by atoms with Crippen molar-refractivity contribution in [3.8, 4) is 0 Å². The summed E-state index contributed by atoms with van der Waals surface area (Å²) in [5.41, 5.74) is -0.419. The van der Waals surface area contributed by atoms with Gasteiger partial charge in [0.2, 0.25) is 0 Å². The van der Waals surface area contributed by atoms with E-state index in [1.165, 1.54) is 0 Å². The van der Waals surface area contributed by atoms with Crippen LogP contribution in [-0.2, 0) is 4.79 Å². The quantitative estimate of drug-likeness (QED) is 0.584. The fraction of sp³-hybridized carbons (Fsp3) is 0.900. The second-order valence-corrected chi connectivity index (χ2v) is 4.42. The van der Waals surface area contributed by atoms with Gasteiger partial charge in [-0.1, -0.05) is 0 Å². The molecule has 0 aromatic heterocycles. The maximum absolute atomic E-state index is 10.8. The van der Waals surface area contributed by atoms with Gasteiger partial charge in [-0.15, -0.1) is 0 Å². The lowest BCUT2D eigenvalue weighted by molar-refractivity contribution is -0.143. The molecule has 4 heteroatoms. The molecule has 1 aliphatic carbocycles. The first kappa shape index (κ1) is 11.5. The Balaban J connectivity index is 2.02. The molecule has 0 bridgehead atoms. The zero-order valence-corrected chi connectivity index (χ0v) is 9.05. The van der Waals surface area contributed by atoms with Gasteiger partial charge in [0.05, 0.1) is 5.41 Å². The second kappa shape index (κ2) is 4.75. The smallest absolute Gasteiger partial charge is 0.310 e. The molecule has 0 spiro atoms. The van der Waals surface area contributed by atoms with Crippen LogP contribution in [0.1, 0.15) is 19.3 Å². The highest BCUT2D eigenvalue weighted by molar-refractivity contribution is 5.78. The highest BCUT2D eigenvalue weighted by atomic mass is 16.4. The number of nitrogens with zero attached hydrogens (tertiary/aromatic N) is 1. The van der Waals surface area contributed by atoms with Gasteiger partial charge in [0.1, 0.15) is 0 Å². The first-order valence-electron chi connectivity index (χ1n) is 5.16. The molecule has 0 aromatic carbocycles. The average Bonchev–Trinajstić information content (AvgIpc) is 2.84. The van der Waals surface area contributed by atoms with Crippen molar-refractivity contribution in [3.05, 3.63) is 0 Å². The molecule has 4 nitrogen and oxygen atoms in total. The van der Waals surface area contributed by atoms with Crippen molar-refractivity contribution in [2.45, 2.75) is 19.3 Å². The summed E-state index contributed by atoms with van der Waals surface area (Å²) < 4.78 is 0. The Kier molecular flexibility index (Phi) is 3.89. The maximum atomic E-state index is 10.8. The minimum Gasteiger partial charge on any atom is -0.481 e. The molecule has 0 heterocycles. The van der Waals surface area contributed by atoms with Crippen molar-refractivity contribution in [1.29, 1.82) is 0 Å². The first-order chi connectivity index (χ1) is 6.57. The highest BCUT2D eigenvalue weighted by Gasteiger charge is 2.49. The molecule has 0 amide bonds. The van der Waals surface area contributed by atoms with Gasteiger partial charge in [-0.2, -0.15) is 0 Å². The van der Waals surface area contributed by atoms with Gasteiger partial charge in [-0.3, -0.25) is 4.79 Å². The van der Waals surface area contributed by atoms with Gasteiger partial charge in [0.25, 0.3) is 0 Å². The molecule has 0 aromatic rings. The van der Waals surface area contributed by atoms with Crippen LogP contribution in [0.2, 0.25) is 0 Å². The van der Waals surface area contributed by atoms with E-state index in [0.29, 0.717) is 6.54 Å². The van der Waals surface area contributed by atoms with Gasteiger partial charge < -0.3 is 15.3 Å². The lowest BCUT2D eigenvalue weighted by Gasteiger charge is -2.12. The van der Waals surface area contributed by atoms with Gasteiger partial charge in [0, 0.05) is 6.54 Å². The molecule has 82 valence electrons. The summed E-state index contributed by atoms with van der Waals surface area (Å²) in [7, 11) is 4.08. The van der Waals surface area contributed by atoms with E-state index in [9.17, 15) is 4.79 Å². The summed E-state index contributed by atoms with van der Waals surface area (Å²) in [5.74, 6) is -0.641. The van der Waals surface area contributed by atoms with Crippen LogP contribution in [0.3, 0.4) is 0 Å². The highest BCUT2D eigenvalue weighted by Crippen LogP contribution is 2.45. The Morgan fingerprint density at radius 2 is 2.14 bits per heavy atom. The number of nitrogens with one attached hydrogen (secondary N) is 1. The molecule has 1 saturated carbocycles. The van der Waals surface area contributed by atoms with Gasteiger partial charge in [0.15, 0.2) is 0 Å². The van der Waals surface area contributed by atoms with E-state index < -0.39 is 11.4 Å². The zero-order valence-electron chi connectivity index (χ0n) is 9.05. The monoisotopic (exact) mass is 200 g/mol. The second-order valence-electron chi connectivity index (χ2n) is 4.42. The molecule has 14 heavy (non-hydrogen) atoms. The third-order valence-corrected chi connectivity index (χ3v) is 2.73. The summed E-state index contributed by atoms with van der Waals surface area (Å²) in [6, 6.07) is 0. The summed E-state index contributed by atoms with van der Waals surface area (Å²) >= 11 is 0. The van der Waals surface area contributed by atoms with Crippen molar-refractivity contribution in [1.82, 2.24) is 10.2 Å². The molecule has 0 radical (unpaired) electrons. The van der Waals surface area contributed by atoms with Crippen LogP contribution in [0.25, 0.3) is 0 Å². The van der Waals surface area contributed by atoms with Crippen molar-refractivity contribution in [3.63, 3.8) is 0 Å². The average molecular weight is 200 g/mol. The summed E-state index contributed by atoms with van der Waals surface area (Å²) in [6.07, 6.45) is 2.74. The fourth-order valence-corrected chi connectivity index (χ4v) is 1.47. The van der Waals surface area contributed by atoms with Crippen LogP contribution < -0.4 is 5.32 Å². The van der Waals surface area contributed by atoms with Crippen LogP contribution in [0.5, 0.6) is 0 Å². The largest absolute Gasteiger partial charge is 0.481 e. The molecule has 1 rings (SSSR count). The SMILES string of the molecule is CN(C)CCCNCC1(C(=O)O)CC1. The molecule has 0 unspecified atom stereocenters.